The second-order valence-electron chi connectivity index (χ2n) is 4.44. The quantitative estimate of drug-likeness (QED) is 0.183. The van der Waals surface area contributed by atoms with E-state index < -0.39 is 0 Å². The molecule has 4 nitrogen and oxygen atoms in total. The number of carbonyl (C=O) groups excluding carboxylic acids is 1. The average molecular weight is 568 g/mol. The third kappa shape index (κ3) is 4.85. The van der Waals surface area contributed by atoms with Crippen LogP contribution in [0.1, 0.15) is 20.3 Å². The molecule has 0 radical (unpaired) electrons. The monoisotopic (exact) mass is 564 g/mol. The Labute approximate surface area is 163 Å². The first-order valence-corrected chi connectivity index (χ1v) is 9.71. The molecule has 0 N–H and O–H groups in total. The van der Waals surface area contributed by atoms with Gasteiger partial charge >= 0.3 is 5.97 Å². The van der Waals surface area contributed by atoms with E-state index in [4.69, 9.17) is 14.2 Å². The Hall–Kier alpha value is 0.210. The Morgan fingerprint density at radius 1 is 1.00 bits per heavy atom. The highest BCUT2D eigenvalue weighted by Crippen LogP contribution is 2.50. The standard InChI is InChI=1S/C14H16Br4O4/c1-4-7(2)14(19)22-6-5-21-13-11(18)9(16)8(15)10(17)12(13)20-3/h7H,4-6H2,1-3H3. The van der Waals surface area contributed by atoms with Gasteiger partial charge in [-0.05, 0) is 70.1 Å². The lowest BCUT2D eigenvalue weighted by Crippen LogP contribution is -2.18. The molecule has 1 rings (SSSR count). The summed E-state index contributed by atoms with van der Waals surface area (Å²) in [5.74, 6) is 0.770. The summed E-state index contributed by atoms with van der Waals surface area (Å²) in [6, 6.07) is 0. The van der Waals surface area contributed by atoms with Crippen LogP contribution >= 0.6 is 63.7 Å². The molecular formula is C14H16Br4O4. The van der Waals surface area contributed by atoms with Crippen LogP contribution in [0.3, 0.4) is 0 Å². The van der Waals surface area contributed by atoms with Gasteiger partial charge in [-0.15, -0.1) is 0 Å². The molecule has 0 fully saturated rings. The van der Waals surface area contributed by atoms with E-state index in [0.717, 1.165) is 19.8 Å². The third-order valence-electron chi connectivity index (χ3n) is 2.98. The van der Waals surface area contributed by atoms with Crippen LogP contribution < -0.4 is 9.47 Å². The van der Waals surface area contributed by atoms with Gasteiger partial charge in [-0.2, -0.15) is 0 Å². The maximum absolute atomic E-state index is 11.6. The number of hydrogen-bond acceptors (Lipinski definition) is 4. The Bertz CT molecular complexity index is 548. The number of benzene rings is 1. The predicted octanol–water partition coefficient (Wildman–Crippen LogP) is 5.71. The van der Waals surface area contributed by atoms with Gasteiger partial charge in [0.25, 0.3) is 0 Å². The van der Waals surface area contributed by atoms with Gasteiger partial charge in [0, 0.05) is 0 Å². The molecule has 22 heavy (non-hydrogen) atoms. The third-order valence-corrected chi connectivity index (χ3v) is 7.67. The average Bonchev–Trinajstić information content (AvgIpc) is 2.52. The number of esters is 1. The fourth-order valence-electron chi connectivity index (χ4n) is 1.50. The van der Waals surface area contributed by atoms with Crippen LogP contribution in [0.15, 0.2) is 17.9 Å². The summed E-state index contributed by atoms with van der Waals surface area (Å²) in [5.41, 5.74) is 0. The summed E-state index contributed by atoms with van der Waals surface area (Å²) in [6.45, 7) is 4.20. The van der Waals surface area contributed by atoms with Crippen molar-refractivity contribution in [3.8, 4) is 11.5 Å². The highest BCUT2D eigenvalue weighted by molar-refractivity contribution is 9.15. The molecule has 0 saturated heterocycles. The van der Waals surface area contributed by atoms with Crippen LogP contribution in [-0.2, 0) is 9.53 Å². The van der Waals surface area contributed by atoms with E-state index in [-0.39, 0.29) is 25.1 Å². The SMILES string of the molecule is CCC(C)C(=O)OCCOc1c(Br)c(Br)c(Br)c(Br)c1OC. The molecule has 0 amide bonds. The molecule has 8 heteroatoms. The van der Waals surface area contributed by atoms with Crippen molar-refractivity contribution >= 4 is 69.7 Å². The predicted molar refractivity (Wildman–Crippen MR) is 99.7 cm³/mol. The van der Waals surface area contributed by atoms with Crippen molar-refractivity contribution in [2.75, 3.05) is 20.3 Å². The van der Waals surface area contributed by atoms with Gasteiger partial charge in [0.2, 0.25) is 0 Å². The molecular weight excluding hydrogens is 552 g/mol. The lowest BCUT2D eigenvalue weighted by molar-refractivity contribution is -0.148. The molecule has 0 aliphatic heterocycles. The van der Waals surface area contributed by atoms with Gasteiger partial charge in [0.05, 0.1) is 30.9 Å². The van der Waals surface area contributed by atoms with Crippen molar-refractivity contribution in [2.45, 2.75) is 20.3 Å². The van der Waals surface area contributed by atoms with Gasteiger partial charge in [0.1, 0.15) is 13.2 Å². The fraction of sp³-hybridized carbons (Fsp3) is 0.500. The van der Waals surface area contributed by atoms with Crippen molar-refractivity contribution in [3.05, 3.63) is 17.9 Å². The van der Waals surface area contributed by atoms with Gasteiger partial charge < -0.3 is 14.2 Å². The zero-order chi connectivity index (χ0) is 16.9. The van der Waals surface area contributed by atoms with Gasteiger partial charge in [-0.25, -0.2) is 0 Å². The van der Waals surface area contributed by atoms with Gasteiger partial charge in [-0.3, -0.25) is 4.79 Å². The summed E-state index contributed by atoms with van der Waals surface area (Å²) >= 11 is 13.8. The lowest BCUT2D eigenvalue weighted by atomic mass is 10.1. The molecule has 1 unspecified atom stereocenters. The molecule has 0 heterocycles. The van der Waals surface area contributed by atoms with E-state index in [1.807, 2.05) is 13.8 Å². The summed E-state index contributed by atoms with van der Waals surface area (Å²) in [4.78, 5) is 11.6. The Kier molecular flexibility index (Phi) is 8.74. The van der Waals surface area contributed by atoms with Crippen LogP contribution in [-0.4, -0.2) is 26.3 Å². The maximum Gasteiger partial charge on any atom is 0.308 e. The van der Waals surface area contributed by atoms with Crippen LogP contribution in [0.25, 0.3) is 0 Å². The molecule has 1 aromatic rings. The summed E-state index contributed by atoms with van der Waals surface area (Å²) in [5, 5.41) is 0. The minimum absolute atomic E-state index is 0.0998. The molecule has 0 aromatic heterocycles. The van der Waals surface area contributed by atoms with Crippen LogP contribution in [0.4, 0.5) is 0 Å². The number of rotatable bonds is 7. The smallest absolute Gasteiger partial charge is 0.308 e. The molecule has 0 saturated carbocycles. The van der Waals surface area contributed by atoms with Gasteiger partial charge in [0.15, 0.2) is 11.5 Å². The van der Waals surface area contributed by atoms with E-state index in [1.54, 1.807) is 7.11 Å². The zero-order valence-corrected chi connectivity index (χ0v) is 18.7. The molecule has 124 valence electrons. The first-order valence-electron chi connectivity index (χ1n) is 6.54. The Balaban J connectivity index is 2.76. The van der Waals surface area contributed by atoms with Crippen LogP contribution in [0.5, 0.6) is 11.5 Å². The number of ether oxygens (including phenoxy) is 3. The second kappa shape index (κ2) is 9.49. The number of carbonyl (C=O) groups is 1. The first-order chi connectivity index (χ1) is 10.3. The molecule has 0 aliphatic rings. The van der Waals surface area contributed by atoms with Crippen molar-refractivity contribution < 1.29 is 19.0 Å². The molecule has 0 aliphatic carbocycles. The van der Waals surface area contributed by atoms with E-state index in [2.05, 4.69) is 63.7 Å². The Morgan fingerprint density at radius 3 is 2.05 bits per heavy atom. The van der Waals surface area contributed by atoms with Crippen molar-refractivity contribution in [1.82, 2.24) is 0 Å². The normalized spacial score (nSPS) is 12.0. The van der Waals surface area contributed by atoms with Gasteiger partial charge in [-0.1, -0.05) is 13.8 Å². The second-order valence-corrected chi connectivity index (χ2v) is 7.62. The number of halogens is 4. The minimum Gasteiger partial charge on any atom is -0.492 e. The van der Waals surface area contributed by atoms with Crippen molar-refractivity contribution in [3.63, 3.8) is 0 Å². The van der Waals surface area contributed by atoms with E-state index in [1.165, 1.54) is 0 Å². The molecule has 0 spiro atoms. The highest BCUT2D eigenvalue weighted by Gasteiger charge is 2.21. The zero-order valence-electron chi connectivity index (χ0n) is 12.3. The largest absolute Gasteiger partial charge is 0.492 e. The molecule has 0 bridgehead atoms. The summed E-state index contributed by atoms with van der Waals surface area (Å²) in [6.07, 6.45) is 0.756. The van der Waals surface area contributed by atoms with Crippen molar-refractivity contribution in [1.29, 1.82) is 0 Å². The van der Waals surface area contributed by atoms with E-state index in [9.17, 15) is 4.79 Å². The number of hydrogen-bond donors (Lipinski definition) is 0. The maximum atomic E-state index is 11.6. The van der Waals surface area contributed by atoms with Crippen LogP contribution in [0, 0.1) is 5.92 Å². The molecule has 1 atom stereocenters. The van der Waals surface area contributed by atoms with E-state index >= 15 is 0 Å². The highest BCUT2D eigenvalue weighted by atomic mass is 79.9. The molecule has 1 aromatic carbocycles. The fourth-order valence-corrected chi connectivity index (χ4v) is 3.82. The lowest BCUT2D eigenvalue weighted by Gasteiger charge is -2.17. The van der Waals surface area contributed by atoms with Crippen molar-refractivity contribution in [2.24, 2.45) is 5.92 Å². The Morgan fingerprint density at radius 2 is 1.55 bits per heavy atom. The summed E-state index contributed by atoms with van der Waals surface area (Å²) in [7, 11) is 1.56. The topological polar surface area (TPSA) is 44.8 Å². The minimum atomic E-state index is -0.213. The summed E-state index contributed by atoms with van der Waals surface area (Å²) < 4.78 is 19.3. The number of methoxy groups -OCH3 is 1. The van der Waals surface area contributed by atoms with Crippen LogP contribution in [0.2, 0.25) is 0 Å². The van der Waals surface area contributed by atoms with E-state index in [0.29, 0.717) is 16.0 Å². The first kappa shape index (κ1) is 20.3.